The first-order valence-electron chi connectivity index (χ1n) is 9.86. The van der Waals surface area contributed by atoms with E-state index >= 15 is 0 Å². The van der Waals surface area contributed by atoms with Gasteiger partial charge in [-0.25, -0.2) is 10.4 Å². The van der Waals surface area contributed by atoms with Crippen LogP contribution in [0.1, 0.15) is 37.7 Å². The number of nitrogens with zero attached hydrogens (tertiary/aromatic N) is 2. The first kappa shape index (κ1) is 22.7. The third kappa shape index (κ3) is 7.81. The fraction of sp³-hybridized carbons (Fsp3) is 0.650. The molecule has 1 aliphatic heterocycles. The molecule has 0 spiro atoms. The summed E-state index contributed by atoms with van der Waals surface area (Å²) in [7, 11) is -4.02. The summed E-state index contributed by atoms with van der Waals surface area (Å²) in [5, 5.41) is 7.11. The van der Waals surface area contributed by atoms with E-state index in [4.69, 9.17) is 14.7 Å². The zero-order valence-corrected chi connectivity index (χ0v) is 17.3. The van der Waals surface area contributed by atoms with Crippen LogP contribution in [0.25, 0.3) is 0 Å². The zero-order chi connectivity index (χ0) is 20.4. The molecule has 1 saturated heterocycles. The maximum absolute atomic E-state index is 10.5. The summed E-state index contributed by atoms with van der Waals surface area (Å²) >= 11 is 0. The van der Waals surface area contributed by atoms with Crippen LogP contribution in [-0.4, -0.2) is 62.8 Å². The highest BCUT2D eigenvalue weighted by Crippen LogP contribution is 2.28. The molecule has 7 nitrogen and oxygen atoms in total. The molecule has 8 heteroatoms. The van der Waals surface area contributed by atoms with Crippen molar-refractivity contribution in [3.05, 3.63) is 29.8 Å². The minimum atomic E-state index is -4.02. The number of aryl methyl sites for hydroxylation is 1. The molecule has 1 saturated carbocycles. The highest BCUT2D eigenvalue weighted by Gasteiger charge is 2.25. The summed E-state index contributed by atoms with van der Waals surface area (Å²) < 4.78 is 34.9. The van der Waals surface area contributed by atoms with Gasteiger partial charge in [0.25, 0.3) is 10.1 Å². The van der Waals surface area contributed by atoms with Crippen molar-refractivity contribution in [3.8, 4) is 0 Å². The Hall–Kier alpha value is -1.57. The van der Waals surface area contributed by atoms with E-state index in [0.717, 1.165) is 38.4 Å². The monoisotopic (exact) mass is 409 g/mol. The lowest BCUT2D eigenvalue weighted by Crippen LogP contribution is -2.42. The molecular formula is C20H31N3O4S. The van der Waals surface area contributed by atoms with Crippen LogP contribution in [0.3, 0.4) is 0 Å². The van der Waals surface area contributed by atoms with Gasteiger partial charge >= 0.3 is 0 Å². The third-order valence-corrected chi connectivity index (χ3v) is 6.16. The Balaban J connectivity index is 0.000000221. The molecule has 2 aliphatic rings. The van der Waals surface area contributed by atoms with Crippen LogP contribution >= 0.6 is 0 Å². The van der Waals surface area contributed by atoms with E-state index < -0.39 is 10.1 Å². The molecule has 0 bridgehead atoms. The van der Waals surface area contributed by atoms with Crippen LogP contribution in [0.15, 0.2) is 34.2 Å². The first-order chi connectivity index (χ1) is 13.4. The van der Waals surface area contributed by atoms with Crippen LogP contribution < -0.4 is 0 Å². The summed E-state index contributed by atoms with van der Waals surface area (Å²) in [6.07, 6.45) is 6.59. The fourth-order valence-corrected chi connectivity index (χ4v) is 4.14. The summed E-state index contributed by atoms with van der Waals surface area (Å²) in [6, 6.07) is 8.54. The lowest BCUT2D eigenvalue weighted by Gasteiger charge is -2.33. The lowest BCUT2D eigenvalue weighted by atomic mass is 9.84. The molecule has 0 amide bonds. The topological polar surface area (TPSA) is 103 Å². The van der Waals surface area contributed by atoms with E-state index in [-0.39, 0.29) is 10.9 Å². The smallest absolute Gasteiger partial charge is 0.294 e. The molecule has 2 fully saturated rings. The van der Waals surface area contributed by atoms with Gasteiger partial charge in [0, 0.05) is 19.6 Å². The Morgan fingerprint density at radius 2 is 1.82 bits per heavy atom. The van der Waals surface area contributed by atoms with Crippen LogP contribution in [0.4, 0.5) is 0 Å². The van der Waals surface area contributed by atoms with Crippen molar-refractivity contribution in [3.63, 3.8) is 0 Å². The SMILES string of the molecule is Cc1ccc(S(=O)(=O)O)cc1.N=C=NC(CN1CCOCC1)C1CCCCC1. The van der Waals surface area contributed by atoms with Gasteiger partial charge in [0.15, 0.2) is 0 Å². The van der Waals surface area contributed by atoms with E-state index in [9.17, 15) is 8.42 Å². The van der Waals surface area contributed by atoms with Crippen LogP contribution in [0.2, 0.25) is 0 Å². The molecule has 3 rings (SSSR count). The van der Waals surface area contributed by atoms with Gasteiger partial charge in [0.2, 0.25) is 0 Å². The van der Waals surface area contributed by atoms with Gasteiger partial charge in [-0.3, -0.25) is 9.45 Å². The number of morpholine rings is 1. The Morgan fingerprint density at radius 3 is 2.36 bits per heavy atom. The number of benzene rings is 1. The molecule has 1 aromatic rings. The molecule has 28 heavy (non-hydrogen) atoms. The molecule has 1 heterocycles. The predicted molar refractivity (Wildman–Crippen MR) is 109 cm³/mol. The van der Waals surface area contributed by atoms with Crippen LogP contribution in [-0.2, 0) is 14.9 Å². The molecule has 0 aromatic heterocycles. The first-order valence-corrected chi connectivity index (χ1v) is 11.3. The summed E-state index contributed by atoms with van der Waals surface area (Å²) in [5.41, 5.74) is 0.956. The fourth-order valence-electron chi connectivity index (χ4n) is 3.66. The van der Waals surface area contributed by atoms with Crippen molar-refractivity contribution >= 4 is 16.1 Å². The predicted octanol–water partition coefficient (Wildman–Crippen LogP) is 3.26. The van der Waals surface area contributed by atoms with Crippen molar-refractivity contribution in [2.24, 2.45) is 10.9 Å². The maximum Gasteiger partial charge on any atom is 0.294 e. The number of nitrogens with one attached hydrogen (secondary N) is 1. The number of hydrogen-bond donors (Lipinski definition) is 2. The van der Waals surface area contributed by atoms with Crippen molar-refractivity contribution in [2.75, 3.05) is 32.8 Å². The number of hydrogen-bond acceptors (Lipinski definition) is 6. The molecule has 1 aliphatic carbocycles. The van der Waals surface area contributed by atoms with Gasteiger partial charge in [0.1, 0.15) is 0 Å². The van der Waals surface area contributed by atoms with Gasteiger partial charge in [-0.05, 0) is 37.8 Å². The van der Waals surface area contributed by atoms with Gasteiger partial charge in [-0.2, -0.15) is 8.42 Å². The molecule has 1 atom stereocenters. The van der Waals surface area contributed by atoms with Crippen molar-refractivity contribution in [2.45, 2.75) is 50.0 Å². The van der Waals surface area contributed by atoms with E-state index in [1.165, 1.54) is 44.2 Å². The summed E-state index contributed by atoms with van der Waals surface area (Å²) in [4.78, 5) is 6.63. The van der Waals surface area contributed by atoms with Gasteiger partial charge < -0.3 is 4.74 Å². The molecule has 156 valence electrons. The summed E-state index contributed by atoms with van der Waals surface area (Å²) in [5.74, 6) is 0.671. The quantitative estimate of drug-likeness (QED) is 0.574. The summed E-state index contributed by atoms with van der Waals surface area (Å²) in [6.45, 7) is 6.53. The van der Waals surface area contributed by atoms with Crippen LogP contribution in [0.5, 0.6) is 0 Å². The standard InChI is InChI=1S/C13H23N3O.C7H8O3S/c14-11-15-13(12-4-2-1-3-5-12)10-16-6-8-17-9-7-16;1-6-2-4-7(5-3-6)11(8,9)10/h12-14H,1-10H2;2-5H,1H3,(H,8,9,10). The average Bonchev–Trinajstić information content (AvgIpc) is 2.69. The van der Waals surface area contributed by atoms with E-state index in [1.807, 2.05) is 6.92 Å². The highest BCUT2D eigenvalue weighted by molar-refractivity contribution is 7.85. The van der Waals surface area contributed by atoms with E-state index in [1.54, 1.807) is 12.1 Å². The van der Waals surface area contributed by atoms with Gasteiger partial charge in [-0.1, -0.05) is 37.0 Å². The highest BCUT2D eigenvalue weighted by atomic mass is 32.2. The van der Waals surface area contributed by atoms with Crippen molar-refractivity contribution in [1.82, 2.24) is 4.90 Å². The van der Waals surface area contributed by atoms with E-state index in [0.29, 0.717) is 5.92 Å². The Labute approximate surface area is 168 Å². The van der Waals surface area contributed by atoms with Crippen molar-refractivity contribution in [1.29, 1.82) is 5.41 Å². The number of ether oxygens (including phenoxy) is 1. The second-order valence-electron chi connectivity index (χ2n) is 7.41. The van der Waals surface area contributed by atoms with Gasteiger partial charge in [-0.15, -0.1) is 0 Å². The molecule has 2 N–H and O–H groups in total. The Kier molecular flexibility index (Phi) is 9.28. The average molecular weight is 410 g/mol. The van der Waals surface area contributed by atoms with Crippen molar-refractivity contribution < 1.29 is 17.7 Å². The van der Waals surface area contributed by atoms with Gasteiger partial charge in [0.05, 0.1) is 30.2 Å². The molecule has 0 radical (unpaired) electrons. The zero-order valence-electron chi connectivity index (χ0n) is 16.5. The minimum Gasteiger partial charge on any atom is -0.379 e. The molecular weight excluding hydrogens is 378 g/mol. The molecule has 1 unspecified atom stereocenters. The molecule has 1 aromatic carbocycles. The normalized spacial score (nSPS) is 19.8. The number of rotatable bonds is 5. The third-order valence-electron chi connectivity index (χ3n) is 5.29. The number of aliphatic imine (C=N–C) groups is 1. The minimum absolute atomic E-state index is 0.0666. The Morgan fingerprint density at radius 1 is 1.21 bits per heavy atom. The van der Waals surface area contributed by atoms with Crippen LogP contribution in [0, 0.1) is 18.3 Å². The largest absolute Gasteiger partial charge is 0.379 e. The second kappa shape index (κ2) is 11.4. The lowest BCUT2D eigenvalue weighted by molar-refractivity contribution is 0.0316. The van der Waals surface area contributed by atoms with E-state index in [2.05, 4.69) is 15.9 Å². The Bertz CT molecular complexity index is 733. The maximum atomic E-state index is 10.5. The second-order valence-corrected chi connectivity index (χ2v) is 8.83.